The molecular weight excluding hydrogens is 430 g/mol. The zero-order valence-corrected chi connectivity index (χ0v) is 18.5. The molecule has 1 heterocycles. The van der Waals surface area contributed by atoms with E-state index in [0.717, 1.165) is 57.7 Å². The Bertz CT molecular complexity index is 1000. The van der Waals surface area contributed by atoms with Gasteiger partial charge < -0.3 is 14.8 Å². The van der Waals surface area contributed by atoms with Crippen LogP contribution in [-0.4, -0.2) is 39.1 Å². The fraction of sp³-hybridized carbons (Fsp3) is 0.522. The molecule has 0 atom stereocenters. The largest absolute Gasteiger partial charge is 0.490 e. The Morgan fingerprint density at radius 2 is 1.94 bits per heavy atom. The Labute approximate surface area is 192 Å². The van der Waals surface area contributed by atoms with Gasteiger partial charge in [0.15, 0.2) is 0 Å². The lowest BCUT2D eigenvalue weighted by molar-refractivity contribution is -0.112. The third-order valence-corrected chi connectivity index (χ3v) is 6.71. The van der Waals surface area contributed by atoms with Crippen molar-refractivity contribution in [2.75, 3.05) is 0 Å². The van der Waals surface area contributed by atoms with Crippen LogP contribution in [0, 0.1) is 12.5 Å². The Morgan fingerprint density at radius 1 is 1.19 bits per heavy atom. The lowest BCUT2D eigenvalue weighted by Gasteiger charge is -2.30. The smallest absolute Gasteiger partial charge is 0.289 e. The molecule has 1 amide bonds. The number of nitrogens with one attached hydrogen (secondary N) is 1. The van der Waals surface area contributed by atoms with Gasteiger partial charge >= 0.3 is 0 Å². The molecule has 8 nitrogen and oxygen atoms in total. The number of aromatic nitrogens is 3. The SMILES string of the molecule is [C-]#[N+]c1ccc(OC2CCC(NC(=O)c3ncnn3C3CCC(C=O)CC3)CC2)cc1Cl. The van der Waals surface area contributed by atoms with E-state index < -0.39 is 0 Å². The second kappa shape index (κ2) is 10.1. The Morgan fingerprint density at radius 3 is 2.59 bits per heavy atom. The van der Waals surface area contributed by atoms with Crippen molar-refractivity contribution in [3.8, 4) is 5.75 Å². The van der Waals surface area contributed by atoms with Crippen LogP contribution in [0.1, 0.15) is 68.0 Å². The molecule has 4 rings (SSSR count). The minimum atomic E-state index is -0.203. The van der Waals surface area contributed by atoms with Gasteiger partial charge in [-0.1, -0.05) is 17.7 Å². The van der Waals surface area contributed by atoms with Crippen molar-refractivity contribution in [1.82, 2.24) is 20.1 Å². The molecule has 1 N–H and O–H groups in total. The number of ether oxygens (including phenoxy) is 1. The van der Waals surface area contributed by atoms with Crippen molar-refractivity contribution < 1.29 is 14.3 Å². The quantitative estimate of drug-likeness (QED) is 0.510. The zero-order valence-electron chi connectivity index (χ0n) is 17.7. The van der Waals surface area contributed by atoms with Crippen LogP contribution < -0.4 is 10.1 Å². The third kappa shape index (κ3) is 5.10. The fourth-order valence-corrected chi connectivity index (χ4v) is 4.79. The first-order valence-corrected chi connectivity index (χ1v) is 11.4. The van der Waals surface area contributed by atoms with E-state index in [1.165, 1.54) is 6.33 Å². The molecule has 0 saturated heterocycles. The van der Waals surface area contributed by atoms with Crippen LogP contribution in [0.25, 0.3) is 4.85 Å². The summed E-state index contributed by atoms with van der Waals surface area (Å²) in [4.78, 5) is 31.4. The molecule has 0 bridgehead atoms. The topological polar surface area (TPSA) is 90.5 Å². The summed E-state index contributed by atoms with van der Waals surface area (Å²) in [6, 6.07) is 5.28. The summed E-state index contributed by atoms with van der Waals surface area (Å²) in [6.45, 7) is 7.07. The highest BCUT2D eigenvalue weighted by Gasteiger charge is 2.29. The summed E-state index contributed by atoms with van der Waals surface area (Å²) in [5.74, 6) is 0.914. The van der Waals surface area contributed by atoms with Gasteiger partial charge in [-0.05, 0) is 63.5 Å². The maximum absolute atomic E-state index is 12.9. The summed E-state index contributed by atoms with van der Waals surface area (Å²) < 4.78 is 7.75. The highest BCUT2D eigenvalue weighted by atomic mass is 35.5. The monoisotopic (exact) mass is 455 g/mol. The molecule has 0 aliphatic heterocycles. The minimum absolute atomic E-state index is 0.0506. The van der Waals surface area contributed by atoms with Gasteiger partial charge in [0.2, 0.25) is 11.5 Å². The van der Waals surface area contributed by atoms with Gasteiger partial charge in [-0.3, -0.25) is 4.79 Å². The number of carbonyl (C=O) groups is 2. The van der Waals surface area contributed by atoms with Gasteiger partial charge in [-0.25, -0.2) is 14.5 Å². The van der Waals surface area contributed by atoms with E-state index in [9.17, 15) is 9.59 Å². The molecule has 2 aromatic rings. The normalized spacial score (nSPS) is 25.5. The summed E-state index contributed by atoms with van der Waals surface area (Å²) >= 11 is 6.09. The van der Waals surface area contributed by atoms with Crippen LogP contribution in [0.4, 0.5) is 5.69 Å². The Balaban J connectivity index is 1.28. The van der Waals surface area contributed by atoms with E-state index in [1.807, 2.05) is 0 Å². The van der Waals surface area contributed by atoms with Crippen LogP contribution >= 0.6 is 11.6 Å². The number of aldehydes is 1. The minimum Gasteiger partial charge on any atom is -0.490 e. The molecule has 0 unspecified atom stereocenters. The van der Waals surface area contributed by atoms with Crippen molar-refractivity contribution in [2.45, 2.75) is 69.6 Å². The number of carbonyl (C=O) groups excluding carboxylic acids is 2. The van der Waals surface area contributed by atoms with E-state index in [4.69, 9.17) is 22.9 Å². The van der Waals surface area contributed by atoms with E-state index in [0.29, 0.717) is 22.3 Å². The van der Waals surface area contributed by atoms with Crippen LogP contribution in [-0.2, 0) is 4.79 Å². The molecule has 168 valence electrons. The Kier molecular flexibility index (Phi) is 7.05. The van der Waals surface area contributed by atoms with Crippen molar-refractivity contribution in [2.24, 2.45) is 5.92 Å². The summed E-state index contributed by atoms with van der Waals surface area (Å²) in [5, 5.41) is 7.78. The first-order chi connectivity index (χ1) is 15.6. The zero-order chi connectivity index (χ0) is 22.5. The molecule has 0 spiro atoms. The number of rotatable bonds is 6. The van der Waals surface area contributed by atoms with Crippen molar-refractivity contribution in [1.29, 1.82) is 0 Å². The van der Waals surface area contributed by atoms with Crippen LogP contribution in [0.5, 0.6) is 5.75 Å². The molecule has 0 radical (unpaired) electrons. The second-order valence-electron chi connectivity index (χ2n) is 8.52. The molecular formula is C23H26ClN5O3. The van der Waals surface area contributed by atoms with Gasteiger partial charge in [-0.2, -0.15) is 5.10 Å². The molecule has 9 heteroatoms. The number of amides is 1. The molecule has 1 aromatic carbocycles. The predicted octanol–water partition coefficient (Wildman–Crippen LogP) is 4.53. The highest BCUT2D eigenvalue weighted by Crippen LogP contribution is 2.32. The van der Waals surface area contributed by atoms with Gasteiger partial charge in [-0.15, -0.1) is 0 Å². The maximum atomic E-state index is 12.9. The van der Waals surface area contributed by atoms with Gasteiger partial charge in [0, 0.05) is 12.0 Å². The average molecular weight is 456 g/mol. The molecule has 2 fully saturated rings. The lowest BCUT2D eigenvalue weighted by Crippen LogP contribution is -2.41. The maximum Gasteiger partial charge on any atom is 0.289 e. The number of hydrogen-bond donors (Lipinski definition) is 1. The highest BCUT2D eigenvalue weighted by molar-refractivity contribution is 6.33. The number of benzene rings is 1. The fourth-order valence-electron chi connectivity index (χ4n) is 4.58. The average Bonchev–Trinajstić information content (AvgIpc) is 3.31. The van der Waals surface area contributed by atoms with E-state index in [2.05, 4.69) is 20.2 Å². The first kappa shape index (κ1) is 22.3. The molecule has 32 heavy (non-hydrogen) atoms. The first-order valence-electron chi connectivity index (χ1n) is 11.1. The van der Waals surface area contributed by atoms with Crippen molar-refractivity contribution in [3.63, 3.8) is 0 Å². The van der Waals surface area contributed by atoms with Gasteiger partial charge in [0.25, 0.3) is 5.91 Å². The van der Waals surface area contributed by atoms with Gasteiger partial charge in [0.05, 0.1) is 23.7 Å². The summed E-state index contributed by atoms with van der Waals surface area (Å²) in [7, 11) is 0. The van der Waals surface area contributed by atoms with Crippen LogP contribution in [0.3, 0.4) is 0 Å². The number of hydrogen-bond acceptors (Lipinski definition) is 5. The predicted molar refractivity (Wildman–Crippen MR) is 119 cm³/mol. The van der Waals surface area contributed by atoms with Gasteiger partial charge in [0.1, 0.15) is 18.4 Å². The lowest BCUT2D eigenvalue weighted by atomic mass is 9.87. The summed E-state index contributed by atoms with van der Waals surface area (Å²) in [5.41, 5.74) is 0.412. The molecule has 2 saturated carbocycles. The van der Waals surface area contributed by atoms with Crippen molar-refractivity contribution in [3.05, 3.63) is 46.8 Å². The molecule has 2 aliphatic rings. The van der Waals surface area contributed by atoms with E-state index in [1.54, 1.807) is 22.9 Å². The van der Waals surface area contributed by atoms with Crippen LogP contribution in [0.2, 0.25) is 5.02 Å². The molecule has 1 aromatic heterocycles. The van der Waals surface area contributed by atoms with Crippen molar-refractivity contribution >= 4 is 29.5 Å². The Hall–Kier alpha value is -2.92. The molecule has 2 aliphatic carbocycles. The number of nitrogens with zero attached hydrogens (tertiary/aromatic N) is 4. The second-order valence-corrected chi connectivity index (χ2v) is 8.93. The third-order valence-electron chi connectivity index (χ3n) is 6.41. The standard InChI is InChI=1S/C23H26ClN5O3/c1-25-21-11-10-19(12-20(21)24)32-18-8-4-16(5-9-18)28-23(31)22-26-14-27-29(22)17-6-2-15(13-30)3-7-17/h10-18H,2-9H2,(H,28,31). The summed E-state index contributed by atoms with van der Waals surface area (Å²) in [6.07, 6.45) is 9.06. The van der Waals surface area contributed by atoms with E-state index >= 15 is 0 Å². The van der Waals surface area contributed by atoms with E-state index in [-0.39, 0.29) is 30.0 Å². The van der Waals surface area contributed by atoms with Crippen LogP contribution in [0.15, 0.2) is 24.5 Å². The number of halogens is 1.